The van der Waals surface area contributed by atoms with Crippen LogP contribution >= 0.6 is 24.0 Å². The van der Waals surface area contributed by atoms with Crippen molar-refractivity contribution < 1.29 is 9.84 Å². The zero-order valence-corrected chi connectivity index (χ0v) is 19.4. The van der Waals surface area contributed by atoms with Gasteiger partial charge < -0.3 is 25.5 Å². The van der Waals surface area contributed by atoms with E-state index in [2.05, 4.69) is 51.9 Å². The molecule has 0 saturated carbocycles. The van der Waals surface area contributed by atoms with Gasteiger partial charge in [-0.1, -0.05) is 24.3 Å². The quantitative estimate of drug-likeness (QED) is 0.220. The molecule has 0 atom stereocenters. The van der Waals surface area contributed by atoms with Crippen LogP contribution in [-0.2, 0) is 13.0 Å². The maximum atomic E-state index is 10.2. The molecule has 0 aliphatic heterocycles. The Balaban J connectivity index is 0.00000300. The molecular weight excluding hydrogens is 479 g/mol. The van der Waals surface area contributed by atoms with Crippen molar-refractivity contribution in [2.45, 2.75) is 26.8 Å². The number of phenolic OH excluding ortho intramolecular Hbond substituents is 1. The number of nitrogens with one attached hydrogen (secondary N) is 3. The number of benzene rings is 2. The molecule has 1 heterocycles. The third-order valence-corrected chi connectivity index (χ3v) is 4.66. The number of H-pyrrole nitrogens is 1. The van der Waals surface area contributed by atoms with Gasteiger partial charge in [-0.25, -0.2) is 4.99 Å². The number of para-hydroxylation sites is 1. The first-order chi connectivity index (χ1) is 13.6. The first-order valence-corrected chi connectivity index (χ1v) is 9.56. The molecule has 0 saturated heterocycles. The fourth-order valence-electron chi connectivity index (χ4n) is 3.19. The summed E-state index contributed by atoms with van der Waals surface area (Å²) >= 11 is 0. The van der Waals surface area contributed by atoms with Crippen LogP contribution < -0.4 is 15.4 Å². The molecule has 0 fully saturated rings. The van der Waals surface area contributed by atoms with Crippen LogP contribution in [0.3, 0.4) is 0 Å². The Bertz CT molecular complexity index is 969. The number of aryl methyl sites for hydroxylation is 1. The van der Waals surface area contributed by atoms with E-state index in [0.717, 1.165) is 31.0 Å². The number of halogens is 1. The fourth-order valence-corrected chi connectivity index (χ4v) is 3.19. The molecule has 3 rings (SSSR count). The summed E-state index contributed by atoms with van der Waals surface area (Å²) in [6, 6.07) is 11.9. The normalized spacial score (nSPS) is 11.2. The molecule has 2 aromatic carbocycles. The first-order valence-electron chi connectivity index (χ1n) is 9.56. The van der Waals surface area contributed by atoms with Crippen molar-refractivity contribution in [3.63, 3.8) is 0 Å². The van der Waals surface area contributed by atoms with Crippen molar-refractivity contribution in [1.82, 2.24) is 15.6 Å². The van der Waals surface area contributed by atoms with Crippen LogP contribution in [0.2, 0.25) is 0 Å². The monoisotopic (exact) mass is 508 g/mol. The summed E-state index contributed by atoms with van der Waals surface area (Å²) in [5, 5.41) is 18.1. The average molecular weight is 508 g/mol. The van der Waals surface area contributed by atoms with E-state index >= 15 is 0 Å². The summed E-state index contributed by atoms with van der Waals surface area (Å²) < 4.78 is 5.16. The number of ether oxygens (including phenoxy) is 1. The van der Waals surface area contributed by atoms with E-state index in [9.17, 15) is 5.11 Å². The lowest BCUT2D eigenvalue weighted by atomic mass is 10.1. The van der Waals surface area contributed by atoms with Crippen LogP contribution in [0, 0.1) is 6.92 Å². The van der Waals surface area contributed by atoms with Crippen molar-refractivity contribution in [1.29, 1.82) is 0 Å². The number of fused-ring (bicyclic) bond motifs is 1. The number of phenols is 1. The van der Waals surface area contributed by atoms with Crippen LogP contribution in [0.15, 0.2) is 47.6 Å². The maximum Gasteiger partial charge on any atom is 0.191 e. The smallest absolute Gasteiger partial charge is 0.191 e. The molecule has 156 valence electrons. The number of methoxy groups -OCH3 is 1. The van der Waals surface area contributed by atoms with Gasteiger partial charge in [0, 0.05) is 35.8 Å². The van der Waals surface area contributed by atoms with Gasteiger partial charge in [0.05, 0.1) is 13.7 Å². The predicted octanol–water partition coefficient (Wildman–Crippen LogP) is 4.11. The molecule has 4 N–H and O–H groups in total. The van der Waals surface area contributed by atoms with Crippen LogP contribution in [0.25, 0.3) is 10.9 Å². The standard InChI is InChI=1S/C22H28N4O2.HI/c1-4-23-22(26-14-17-6-5-7-20(28-3)21(17)27)24-11-10-16-13-25-19-12-15(2)8-9-18(16)19;/h5-9,12-13,25,27H,4,10-11,14H2,1-3H3,(H2,23,24,26);1H. The summed E-state index contributed by atoms with van der Waals surface area (Å²) in [5.41, 5.74) is 4.43. The Labute approximate surface area is 188 Å². The van der Waals surface area contributed by atoms with Crippen molar-refractivity contribution in [2.24, 2.45) is 4.99 Å². The van der Waals surface area contributed by atoms with E-state index in [1.807, 2.05) is 19.1 Å². The molecule has 1 aromatic heterocycles. The highest BCUT2D eigenvalue weighted by molar-refractivity contribution is 14.0. The Kier molecular flexibility index (Phi) is 8.63. The molecule has 0 unspecified atom stereocenters. The van der Waals surface area contributed by atoms with Crippen LogP contribution in [0.4, 0.5) is 0 Å². The van der Waals surface area contributed by atoms with Gasteiger partial charge in [-0.2, -0.15) is 0 Å². The van der Waals surface area contributed by atoms with Crippen molar-refractivity contribution in [3.8, 4) is 11.5 Å². The molecule has 3 aromatic rings. The SMILES string of the molecule is CCNC(=NCc1cccc(OC)c1O)NCCc1c[nH]c2cc(C)ccc12.I. The number of rotatable bonds is 7. The topological polar surface area (TPSA) is 81.7 Å². The second-order valence-corrected chi connectivity index (χ2v) is 6.70. The highest BCUT2D eigenvalue weighted by Crippen LogP contribution is 2.29. The second-order valence-electron chi connectivity index (χ2n) is 6.70. The molecule has 0 aliphatic rings. The van der Waals surface area contributed by atoms with Gasteiger partial charge in [-0.05, 0) is 43.5 Å². The van der Waals surface area contributed by atoms with E-state index in [0.29, 0.717) is 12.3 Å². The van der Waals surface area contributed by atoms with Gasteiger partial charge in [0.15, 0.2) is 17.5 Å². The van der Waals surface area contributed by atoms with Gasteiger partial charge in [-0.3, -0.25) is 0 Å². The summed E-state index contributed by atoms with van der Waals surface area (Å²) in [6.07, 6.45) is 2.96. The molecular formula is C22H29IN4O2. The molecule has 0 amide bonds. The summed E-state index contributed by atoms with van der Waals surface area (Å²) in [6.45, 7) is 6.02. The number of guanidine groups is 1. The average Bonchev–Trinajstić information content (AvgIpc) is 3.09. The number of hydrogen-bond donors (Lipinski definition) is 4. The van der Waals surface area contributed by atoms with Crippen molar-refractivity contribution >= 4 is 40.8 Å². The van der Waals surface area contributed by atoms with Crippen LogP contribution in [0.1, 0.15) is 23.6 Å². The maximum absolute atomic E-state index is 10.2. The summed E-state index contributed by atoms with van der Waals surface area (Å²) in [4.78, 5) is 7.93. The van der Waals surface area contributed by atoms with Gasteiger partial charge in [0.2, 0.25) is 0 Å². The number of hydrogen-bond acceptors (Lipinski definition) is 3. The molecule has 29 heavy (non-hydrogen) atoms. The summed E-state index contributed by atoms with van der Waals surface area (Å²) in [5.74, 6) is 1.32. The minimum absolute atomic E-state index is 0. The Morgan fingerprint density at radius 1 is 1.17 bits per heavy atom. The van der Waals surface area contributed by atoms with E-state index in [1.54, 1.807) is 13.2 Å². The van der Waals surface area contributed by atoms with E-state index in [4.69, 9.17) is 4.74 Å². The van der Waals surface area contributed by atoms with Crippen molar-refractivity contribution in [3.05, 3.63) is 59.3 Å². The lowest BCUT2D eigenvalue weighted by Gasteiger charge is -2.12. The van der Waals surface area contributed by atoms with Gasteiger partial charge in [0.1, 0.15) is 0 Å². The minimum atomic E-state index is 0. The zero-order chi connectivity index (χ0) is 19.9. The molecule has 0 spiro atoms. The Morgan fingerprint density at radius 3 is 2.76 bits per heavy atom. The highest BCUT2D eigenvalue weighted by atomic mass is 127. The lowest BCUT2D eigenvalue weighted by molar-refractivity contribution is 0.370. The zero-order valence-electron chi connectivity index (χ0n) is 17.1. The Hall–Kier alpha value is -2.42. The van der Waals surface area contributed by atoms with E-state index < -0.39 is 0 Å². The lowest BCUT2D eigenvalue weighted by Crippen LogP contribution is -2.38. The summed E-state index contributed by atoms with van der Waals surface area (Å²) in [7, 11) is 1.54. The second kappa shape index (κ2) is 10.9. The molecule has 0 radical (unpaired) electrons. The predicted molar refractivity (Wildman–Crippen MR) is 130 cm³/mol. The third kappa shape index (κ3) is 5.79. The number of aromatic amines is 1. The number of aliphatic imine (C=N–C) groups is 1. The molecule has 6 nitrogen and oxygen atoms in total. The molecule has 0 aliphatic carbocycles. The molecule has 0 bridgehead atoms. The van der Waals surface area contributed by atoms with Gasteiger partial charge in [0.25, 0.3) is 0 Å². The number of aromatic nitrogens is 1. The highest BCUT2D eigenvalue weighted by Gasteiger charge is 2.08. The minimum Gasteiger partial charge on any atom is -0.504 e. The third-order valence-electron chi connectivity index (χ3n) is 4.66. The molecule has 7 heteroatoms. The number of nitrogens with zero attached hydrogens (tertiary/aromatic N) is 1. The van der Waals surface area contributed by atoms with Gasteiger partial charge >= 0.3 is 0 Å². The van der Waals surface area contributed by atoms with Crippen molar-refractivity contribution in [2.75, 3.05) is 20.2 Å². The Morgan fingerprint density at radius 2 is 2.00 bits per heavy atom. The van der Waals surface area contributed by atoms with Crippen LogP contribution in [-0.4, -0.2) is 36.2 Å². The van der Waals surface area contributed by atoms with Gasteiger partial charge in [-0.15, -0.1) is 24.0 Å². The van der Waals surface area contributed by atoms with Crippen LogP contribution in [0.5, 0.6) is 11.5 Å². The van der Waals surface area contributed by atoms with E-state index in [-0.39, 0.29) is 29.7 Å². The number of aromatic hydroxyl groups is 1. The largest absolute Gasteiger partial charge is 0.504 e. The van der Waals surface area contributed by atoms with E-state index in [1.165, 1.54) is 22.0 Å². The fraction of sp³-hybridized carbons (Fsp3) is 0.318. The first kappa shape index (κ1) is 22.9.